The molecule has 0 saturated carbocycles. The Morgan fingerprint density at radius 3 is 1.80 bits per heavy atom. The van der Waals surface area contributed by atoms with Gasteiger partial charge in [-0.2, -0.15) is 13.2 Å². The van der Waals surface area contributed by atoms with E-state index < -0.39 is 12.1 Å². The van der Waals surface area contributed by atoms with Gasteiger partial charge in [-0.25, -0.2) is 0 Å². The van der Waals surface area contributed by atoms with Crippen LogP contribution in [0.15, 0.2) is 0 Å². The highest BCUT2D eigenvalue weighted by Crippen LogP contribution is 2.38. The molecule has 88 valence electrons. The molecule has 5 heteroatoms. The molecule has 1 rings (SSSR count). The van der Waals surface area contributed by atoms with Crippen molar-refractivity contribution in [2.24, 2.45) is 0 Å². The molecule has 1 aliphatic heterocycles. The summed E-state index contributed by atoms with van der Waals surface area (Å²) in [7, 11) is 0. The Morgan fingerprint density at radius 2 is 1.53 bits per heavy atom. The second kappa shape index (κ2) is 4.41. The summed E-state index contributed by atoms with van der Waals surface area (Å²) in [6.45, 7) is 3.83. The van der Waals surface area contributed by atoms with Crippen molar-refractivity contribution >= 4 is 5.91 Å². The van der Waals surface area contributed by atoms with Crippen molar-refractivity contribution in [1.82, 2.24) is 4.90 Å². The molecule has 0 unspecified atom stereocenters. The van der Waals surface area contributed by atoms with Gasteiger partial charge in [-0.3, -0.25) is 4.79 Å². The quantitative estimate of drug-likeness (QED) is 0.671. The summed E-state index contributed by atoms with van der Waals surface area (Å²) in [5, 5.41) is 0. The van der Waals surface area contributed by atoms with Gasteiger partial charge in [0.25, 0.3) is 0 Å². The van der Waals surface area contributed by atoms with E-state index >= 15 is 0 Å². The fraction of sp³-hybridized carbons (Fsp3) is 0.900. The zero-order valence-electron chi connectivity index (χ0n) is 8.97. The molecular formula is C10H16F3NO. The number of hydrogen-bond donors (Lipinski definition) is 0. The molecule has 0 N–H and O–H groups in total. The van der Waals surface area contributed by atoms with Gasteiger partial charge in [0.05, 0.1) is 12.1 Å². The maximum atomic E-state index is 12.2. The lowest BCUT2D eigenvalue weighted by molar-refractivity contribution is -0.180. The molecule has 1 amide bonds. The number of carbonyl (C=O) groups excluding carboxylic acids is 1. The van der Waals surface area contributed by atoms with E-state index in [9.17, 15) is 18.0 Å². The van der Waals surface area contributed by atoms with Crippen LogP contribution < -0.4 is 0 Å². The molecule has 0 radical (unpaired) electrons. The number of alkyl halides is 3. The lowest BCUT2D eigenvalue weighted by atomic mass is 10.1. The molecule has 1 saturated heterocycles. The zero-order valence-corrected chi connectivity index (χ0v) is 8.97. The van der Waals surface area contributed by atoms with Crippen molar-refractivity contribution in [3.8, 4) is 0 Å². The van der Waals surface area contributed by atoms with Crippen molar-refractivity contribution in [2.45, 2.75) is 57.8 Å². The summed E-state index contributed by atoms with van der Waals surface area (Å²) >= 11 is 0. The van der Waals surface area contributed by atoms with Crippen molar-refractivity contribution in [2.75, 3.05) is 0 Å². The Kier molecular flexibility index (Phi) is 3.62. The van der Waals surface area contributed by atoms with E-state index in [0.29, 0.717) is 12.8 Å². The third kappa shape index (κ3) is 2.63. The van der Waals surface area contributed by atoms with E-state index in [4.69, 9.17) is 0 Å². The Bertz CT molecular complexity index is 227. The Hall–Kier alpha value is -0.740. The Morgan fingerprint density at radius 1 is 1.13 bits per heavy atom. The standard InChI is InChI=1S/C10H16F3NO/c1-3-5-7-8(6-4-2)14(7)9(15)10(11,12)13/h7-8H,3-6H2,1-2H3/t7-,8-/m0/s1. The predicted octanol–water partition coefficient (Wildman–Crippen LogP) is 2.73. The van der Waals surface area contributed by atoms with Gasteiger partial charge < -0.3 is 4.90 Å². The number of hydrogen-bond acceptors (Lipinski definition) is 1. The first-order valence-corrected chi connectivity index (χ1v) is 5.33. The molecule has 0 aromatic heterocycles. The van der Waals surface area contributed by atoms with Gasteiger partial charge in [-0.05, 0) is 12.8 Å². The molecule has 0 aromatic carbocycles. The van der Waals surface area contributed by atoms with Crippen LogP contribution in [0.1, 0.15) is 39.5 Å². The van der Waals surface area contributed by atoms with Crippen LogP contribution in [0.5, 0.6) is 0 Å². The highest BCUT2D eigenvalue weighted by atomic mass is 19.4. The minimum atomic E-state index is -4.71. The highest BCUT2D eigenvalue weighted by molar-refractivity contribution is 5.85. The number of amides is 1. The second-order valence-electron chi connectivity index (χ2n) is 3.92. The maximum absolute atomic E-state index is 12.2. The monoisotopic (exact) mass is 223 g/mol. The van der Waals surface area contributed by atoms with Gasteiger partial charge in [0.2, 0.25) is 0 Å². The lowest BCUT2D eigenvalue weighted by Gasteiger charge is -2.07. The van der Waals surface area contributed by atoms with Gasteiger partial charge in [0.1, 0.15) is 0 Å². The lowest BCUT2D eigenvalue weighted by Crippen LogP contribution is -2.31. The van der Waals surface area contributed by atoms with Crippen molar-refractivity contribution in [1.29, 1.82) is 0 Å². The predicted molar refractivity (Wildman–Crippen MR) is 50.3 cm³/mol. The average Bonchev–Trinajstić information content (AvgIpc) is 2.77. The Balaban J connectivity index is 2.58. The Labute approximate surface area is 87.4 Å². The fourth-order valence-electron chi connectivity index (χ4n) is 2.04. The number of nitrogens with zero attached hydrogens (tertiary/aromatic N) is 1. The molecule has 0 spiro atoms. The van der Waals surface area contributed by atoms with E-state index in [1.165, 1.54) is 0 Å². The molecule has 2 atom stereocenters. The van der Waals surface area contributed by atoms with E-state index in [2.05, 4.69) is 0 Å². The summed E-state index contributed by atoms with van der Waals surface area (Å²) in [5.74, 6) is -1.67. The third-order valence-electron chi connectivity index (χ3n) is 2.71. The van der Waals surface area contributed by atoms with Gasteiger partial charge in [0.15, 0.2) is 0 Å². The van der Waals surface area contributed by atoms with Crippen LogP contribution in [0.3, 0.4) is 0 Å². The van der Waals surface area contributed by atoms with Gasteiger partial charge in [0, 0.05) is 0 Å². The molecule has 1 fully saturated rings. The maximum Gasteiger partial charge on any atom is 0.471 e. The van der Waals surface area contributed by atoms with Gasteiger partial charge >= 0.3 is 12.1 Å². The van der Waals surface area contributed by atoms with E-state index in [1.54, 1.807) is 0 Å². The summed E-state index contributed by atoms with van der Waals surface area (Å²) in [6.07, 6.45) is -1.74. The van der Waals surface area contributed by atoms with E-state index in [-0.39, 0.29) is 12.1 Å². The molecule has 0 aliphatic carbocycles. The molecule has 1 heterocycles. The van der Waals surface area contributed by atoms with Gasteiger partial charge in [-0.15, -0.1) is 0 Å². The largest absolute Gasteiger partial charge is 0.471 e. The van der Waals surface area contributed by atoms with Crippen LogP contribution in [0.25, 0.3) is 0 Å². The molecule has 0 bridgehead atoms. The molecule has 2 nitrogen and oxygen atoms in total. The van der Waals surface area contributed by atoms with Crippen molar-refractivity contribution in [3.63, 3.8) is 0 Å². The van der Waals surface area contributed by atoms with Crippen LogP contribution in [0.2, 0.25) is 0 Å². The number of carbonyl (C=O) groups is 1. The van der Waals surface area contributed by atoms with Crippen molar-refractivity contribution in [3.05, 3.63) is 0 Å². The van der Waals surface area contributed by atoms with E-state index in [1.807, 2.05) is 13.8 Å². The SMILES string of the molecule is CCC[C@H]1[C@H](CCC)N1C(=O)C(F)(F)F. The minimum Gasteiger partial charge on any atom is -0.325 e. The van der Waals surface area contributed by atoms with Crippen LogP contribution in [0, 0.1) is 0 Å². The third-order valence-corrected chi connectivity index (χ3v) is 2.71. The summed E-state index contributed by atoms with van der Waals surface area (Å²) in [4.78, 5) is 12.0. The fourth-order valence-corrected chi connectivity index (χ4v) is 2.04. The molecule has 0 aromatic rings. The first kappa shape index (κ1) is 12.3. The average molecular weight is 223 g/mol. The number of halogens is 3. The molecular weight excluding hydrogens is 207 g/mol. The first-order chi connectivity index (χ1) is 6.93. The minimum absolute atomic E-state index is 0.177. The van der Waals surface area contributed by atoms with Crippen LogP contribution >= 0.6 is 0 Å². The topological polar surface area (TPSA) is 20.1 Å². The first-order valence-electron chi connectivity index (χ1n) is 5.33. The summed E-state index contributed by atoms with van der Waals surface area (Å²) < 4.78 is 36.5. The van der Waals surface area contributed by atoms with Crippen molar-refractivity contribution < 1.29 is 18.0 Å². The summed E-state index contributed by atoms with van der Waals surface area (Å²) in [5.41, 5.74) is 0. The smallest absolute Gasteiger partial charge is 0.325 e. The second-order valence-corrected chi connectivity index (χ2v) is 3.92. The normalized spacial score (nSPS) is 25.5. The van der Waals surface area contributed by atoms with Crippen LogP contribution in [-0.4, -0.2) is 29.1 Å². The van der Waals surface area contributed by atoms with E-state index in [0.717, 1.165) is 17.7 Å². The van der Waals surface area contributed by atoms with Crippen LogP contribution in [0.4, 0.5) is 13.2 Å². The van der Waals surface area contributed by atoms with Gasteiger partial charge in [-0.1, -0.05) is 26.7 Å². The zero-order chi connectivity index (χ0) is 11.6. The highest BCUT2D eigenvalue weighted by Gasteiger charge is 2.57. The molecule has 1 aliphatic rings. The molecule has 15 heavy (non-hydrogen) atoms. The number of rotatable bonds is 4. The summed E-state index contributed by atoms with van der Waals surface area (Å²) in [6, 6.07) is -0.354. The van der Waals surface area contributed by atoms with Crippen LogP contribution in [-0.2, 0) is 4.79 Å².